The molecule has 22 heavy (non-hydrogen) atoms. The van der Waals surface area contributed by atoms with Gasteiger partial charge in [-0.05, 0) is 50.8 Å². The average molecular weight is 305 g/mol. The number of carboxylic acid groups (broad SMARTS) is 1. The third-order valence-electron chi connectivity index (χ3n) is 3.78. The Bertz CT molecular complexity index is 541. The molecule has 0 saturated heterocycles. The second-order valence-electron chi connectivity index (χ2n) is 6.10. The quantitative estimate of drug-likeness (QED) is 0.846. The van der Waals surface area contributed by atoms with Crippen molar-refractivity contribution in [2.24, 2.45) is 5.92 Å². The number of nitrogens with one attached hydrogen (secondary N) is 1. The number of hydrogen-bond acceptors (Lipinski definition) is 3. The molecule has 0 heterocycles. The highest BCUT2D eigenvalue weighted by molar-refractivity contribution is 5.79. The number of rotatable bonds is 6. The SMILES string of the molecule is CC(C)Oc1cccc(CC(=O)N[C@@H]2CC[C@H](C(=O)O)C2)c1. The van der Waals surface area contributed by atoms with Gasteiger partial charge in [-0.15, -0.1) is 0 Å². The number of hydrogen-bond donors (Lipinski definition) is 2. The number of amides is 1. The Labute approximate surface area is 130 Å². The molecule has 2 rings (SSSR count). The van der Waals surface area contributed by atoms with Gasteiger partial charge >= 0.3 is 5.97 Å². The molecule has 1 saturated carbocycles. The van der Waals surface area contributed by atoms with Crippen LogP contribution in [0.25, 0.3) is 0 Å². The third-order valence-corrected chi connectivity index (χ3v) is 3.78. The standard InChI is InChI=1S/C17H23NO4/c1-11(2)22-15-5-3-4-12(8-15)9-16(19)18-14-7-6-13(10-14)17(20)21/h3-5,8,11,13-14H,6-7,9-10H2,1-2H3,(H,18,19)(H,20,21)/t13-,14+/m0/s1. The molecule has 1 aromatic carbocycles. The smallest absolute Gasteiger partial charge is 0.306 e. The Hall–Kier alpha value is -2.04. The normalized spacial score (nSPS) is 20.9. The summed E-state index contributed by atoms with van der Waals surface area (Å²) in [5.74, 6) is -0.409. The van der Waals surface area contributed by atoms with Crippen molar-refractivity contribution in [1.29, 1.82) is 0 Å². The molecule has 5 nitrogen and oxygen atoms in total. The van der Waals surface area contributed by atoms with E-state index in [2.05, 4.69) is 5.32 Å². The van der Waals surface area contributed by atoms with E-state index in [0.717, 1.165) is 17.7 Å². The van der Waals surface area contributed by atoms with E-state index in [1.54, 1.807) is 0 Å². The highest BCUT2D eigenvalue weighted by Crippen LogP contribution is 2.25. The average Bonchev–Trinajstić information content (AvgIpc) is 2.86. The van der Waals surface area contributed by atoms with Crippen LogP contribution >= 0.6 is 0 Å². The summed E-state index contributed by atoms with van der Waals surface area (Å²) >= 11 is 0. The molecule has 2 N–H and O–H groups in total. The first-order chi connectivity index (χ1) is 10.4. The summed E-state index contributed by atoms with van der Waals surface area (Å²) in [7, 11) is 0. The minimum atomic E-state index is -0.768. The summed E-state index contributed by atoms with van der Waals surface area (Å²) in [4.78, 5) is 23.0. The van der Waals surface area contributed by atoms with Crippen molar-refractivity contribution < 1.29 is 19.4 Å². The monoisotopic (exact) mass is 305 g/mol. The summed E-state index contributed by atoms with van der Waals surface area (Å²) < 4.78 is 5.61. The zero-order valence-electron chi connectivity index (χ0n) is 13.0. The second-order valence-corrected chi connectivity index (χ2v) is 6.10. The van der Waals surface area contributed by atoms with Gasteiger partial charge in [0, 0.05) is 6.04 Å². The zero-order valence-corrected chi connectivity index (χ0v) is 13.0. The molecule has 0 radical (unpaired) electrons. The van der Waals surface area contributed by atoms with Crippen molar-refractivity contribution in [3.05, 3.63) is 29.8 Å². The minimum absolute atomic E-state index is 0.0244. The lowest BCUT2D eigenvalue weighted by molar-refractivity contribution is -0.141. The molecular formula is C17H23NO4. The fraction of sp³-hybridized carbons (Fsp3) is 0.529. The Morgan fingerprint density at radius 3 is 2.77 bits per heavy atom. The molecule has 0 spiro atoms. The first-order valence-electron chi connectivity index (χ1n) is 7.72. The molecule has 5 heteroatoms. The summed E-state index contributed by atoms with van der Waals surface area (Å²) in [6.45, 7) is 3.91. The maximum Gasteiger partial charge on any atom is 0.306 e. The van der Waals surface area contributed by atoms with Crippen molar-refractivity contribution in [3.63, 3.8) is 0 Å². The van der Waals surface area contributed by atoms with Gasteiger partial charge in [0.15, 0.2) is 0 Å². The number of carboxylic acids is 1. The van der Waals surface area contributed by atoms with Gasteiger partial charge < -0.3 is 15.2 Å². The molecule has 1 amide bonds. The molecule has 120 valence electrons. The summed E-state index contributed by atoms with van der Waals surface area (Å²) in [6.07, 6.45) is 2.27. The van der Waals surface area contributed by atoms with E-state index in [4.69, 9.17) is 9.84 Å². The van der Waals surface area contributed by atoms with Gasteiger partial charge in [0.25, 0.3) is 0 Å². The van der Waals surface area contributed by atoms with Crippen LogP contribution in [0, 0.1) is 5.92 Å². The lowest BCUT2D eigenvalue weighted by Crippen LogP contribution is -2.34. The van der Waals surface area contributed by atoms with Crippen molar-refractivity contribution in [1.82, 2.24) is 5.32 Å². The summed E-state index contributed by atoms with van der Waals surface area (Å²) in [6, 6.07) is 7.48. The molecule has 1 aromatic rings. The number of carbonyl (C=O) groups is 2. The molecule has 1 aliphatic carbocycles. The predicted molar refractivity (Wildman–Crippen MR) is 82.8 cm³/mol. The lowest BCUT2D eigenvalue weighted by atomic mass is 10.1. The van der Waals surface area contributed by atoms with Crippen LogP contribution in [0.1, 0.15) is 38.7 Å². The molecule has 1 fully saturated rings. The van der Waals surface area contributed by atoms with E-state index in [1.165, 1.54) is 0 Å². The topological polar surface area (TPSA) is 75.6 Å². The fourth-order valence-electron chi connectivity index (χ4n) is 2.80. The maximum absolute atomic E-state index is 12.1. The van der Waals surface area contributed by atoms with E-state index in [9.17, 15) is 9.59 Å². The minimum Gasteiger partial charge on any atom is -0.491 e. The molecule has 0 aromatic heterocycles. The molecule has 0 unspecified atom stereocenters. The number of benzene rings is 1. The first-order valence-corrected chi connectivity index (χ1v) is 7.72. The van der Waals surface area contributed by atoms with E-state index in [-0.39, 0.29) is 30.4 Å². The van der Waals surface area contributed by atoms with Crippen LogP contribution in [0.4, 0.5) is 0 Å². The number of ether oxygens (including phenoxy) is 1. The highest BCUT2D eigenvalue weighted by Gasteiger charge is 2.30. The summed E-state index contributed by atoms with van der Waals surface area (Å²) in [5, 5.41) is 11.9. The van der Waals surface area contributed by atoms with Crippen LogP contribution in [-0.4, -0.2) is 29.1 Å². The van der Waals surface area contributed by atoms with Gasteiger partial charge in [-0.3, -0.25) is 9.59 Å². The first kappa shape index (κ1) is 16.3. The Balaban J connectivity index is 1.86. The van der Waals surface area contributed by atoms with Gasteiger partial charge in [0.2, 0.25) is 5.91 Å². The van der Waals surface area contributed by atoms with Crippen LogP contribution < -0.4 is 10.1 Å². The Morgan fingerprint density at radius 2 is 2.14 bits per heavy atom. The molecular weight excluding hydrogens is 282 g/mol. The van der Waals surface area contributed by atoms with E-state index < -0.39 is 5.97 Å². The second kappa shape index (κ2) is 7.29. The van der Waals surface area contributed by atoms with Crippen LogP contribution in [0.2, 0.25) is 0 Å². The van der Waals surface area contributed by atoms with Crippen molar-refractivity contribution in [2.45, 2.75) is 51.7 Å². The van der Waals surface area contributed by atoms with Crippen LogP contribution in [0.3, 0.4) is 0 Å². The van der Waals surface area contributed by atoms with Crippen molar-refractivity contribution in [3.8, 4) is 5.75 Å². The van der Waals surface area contributed by atoms with Gasteiger partial charge in [-0.1, -0.05) is 12.1 Å². The van der Waals surface area contributed by atoms with Gasteiger partial charge in [0.05, 0.1) is 18.4 Å². The van der Waals surface area contributed by atoms with Gasteiger partial charge in [-0.2, -0.15) is 0 Å². The molecule has 0 aliphatic heterocycles. The maximum atomic E-state index is 12.1. The van der Waals surface area contributed by atoms with Crippen molar-refractivity contribution >= 4 is 11.9 Å². The molecule has 2 atom stereocenters. The Morgan fingerprint density at radius 1 is 1.36 bits per heavy atom. The number of carbonyl (C=O) groups excluding carboxylic acids is 1. The largest absolute Gasteiger partial charge is 0.491 e. The number of aliphatic carboxylic acids is 1. The fourth-order valence-corrected chi connectivity index (χ4v) is 2.80. The van der Waals surface area contributed by atoms with Gasteiger partial charge in [-0.25, -0.2) is 0 Å². The highest BCUT2D eigenvalue weighted by atomic mass is 16.5. The van der Waals surface area contributed by atoms with E-state index in [1.807, 2.05) is 38.1 Å². The summed E-state index contributed by atoms with van der Waals surface area (Å²) in [5.41, 5.74) is 0.892. The third kappa shape index (κ3) is 4.76. The van der Waals surface area contributed by atoms with Crippen LogP contribution in [0.5, 0.6) is 5.75 Å². The molecule has 0 bridgehead atoms. The Kier molecular flexibility index (Phi) is 5.41. The van der Waals surface area contributed by atoms with Gasteiger partial charge in [0.1, 0.15) is 5.75 Å². The predicted octanol–water partition coefficient (Wildman–Crippen LogP) is 2.39. The zero-order chi connectivity index (χ0) is 16.1. The van der Waals surface area contributed by atoms with Crippen LogP contribution in [-0.2, 0) is 16.0 Å². The van der Waals surface area contributed by atoms with E-state index >= 15 is 0 Å². The van der Waals surface area contributed by atoms with E-state index in [0.29, 0.717) is 12.8 Å². The lowest BCUT2D eigenvalue weighted by Gasteiger charge is -2.13. The van der Waals surface area contributed by atoms with Crippen LogP contribution in [0.15, 0.2) is 24.3 Å². The molecule has 1 aliphatic rings. The van der Waals surface area contributed by atoms with Crippen molar-refractivity contribution in [2.75, 3.05) is 0 Å².